The molecule has 0 aromatic heterocycles. The summed E-state index contributed by atoms with van der Waals surface area (Å²) < 4.78 is 6.57. The molecule has 1 aromatic rings. The number of nitrogens with zero attached hydrogens (tertiary/aromatic N) is 1. The first-order valence-corrected chi connectivity index (χ1v) is 7.56. The molecule has 1 N–H and O–H groups in total. The van der Waals surface area contributed by atoms with Gasteiger partial charge in [0.25, 0.3) is 5.91 Å². The Bertz CT molecular complexity index is 430. The van der Waals surface area contributed by atoms with Crippen LogP contribution in [-0.4, -0.2) is 48.3 Å². The molecule has 0 bridgehead atoms. The molecule has 0 atom stereocenters. The summed E-state index contributed by atoms with van der Waals surface area (Å²) in [6.07, 6.45) is 1.86. The number of halogens is 1. The van der Waals surface area contributed by atoms with Crippen LogP contribution in [0.5, 0.6) is 0 Å². The van der Waals surface area contributed by atoms with Crippen LogP contribution in [0, 0.1) is 3.57 Å². The van der Waals surface area contributed by atoms with Gasteiger partial charge in [0.05, 0.1) is 19.3 Å². The molecule has 5 heteroatoms. The van der Waals surface area contributed by atoms with Gasteiger partial charge in [0.15, 0.2) is 0 Å². The first-order valence-electron chi connectivity index (χ1n) is 6.48. The number of hydrogen-bond donors (Lipinski definition) is 1. The van der Waals surface area contributed by atoms with Crippen LogP contribution in [0.15, 0.2) is 24.3 Å². The Morgan fingerprint density at radius 2 is 2.16 bits per heavy atom. The summed E-state index contributed by atoms with van der Waals surface area (Å²) in [6.45, 7) is 1.89. The van der Waals surface area contributed by atoms with Crippen LogP contribution < -0.4 is 0 Å². The fourth-order valence-electron chi connectivity index (χ4n) is 2.25. The molecule has 0 spiro atoms. The molecular weight excluding hydrogens is 357 g/mol. The van der Waals surface area contributed by atoms with Crippen LogP contribution in [0.3, 0.4) is 0 Å². The Balaban J connectivity index is 1.89. The number of rotatable bonds is 4. The Hall–Kier alpha value is -0.660. The van der Waals surface area contributed by atoms with Crippen molar-refractivity contribution in [2.45, 2.75) is 18.9 Å². The zero-order valence-electron chi connectivity index (χ0n) is 10.7. The standard InChI is InChI=1S/C14H18INO3/c15-12-3-1-2-11(10-12)14(18)16-6-4-13(5-7-16)19-9-8-17/h1-3,10,13,17H,4-9H2. The van der Waals surface area contributed by atoms with Crippen molar-refractivity contribution in [1.82, 2.24) is 4.90 Å². The van der Waals surface area contributed by atoms with Gasteiger partial charge in [0.1, 0.15) is 0 Å². The number of aliphatic hydroxyl groups is 1. The summed E-state index contributed by atoms with van der Waals surface area (Å²) in [6, 6.07) is 7.66. The second-order valence-electron chi connectivity index (χ2n) is 4.60. The van der Waals surface area contributed by atoms with E-state index >= 15 is 0 Å². The predicted molar refractivity (Wildman–Crippen MR) is 81.1 cm³/mol. The maximum atomic E-state index is 12.3. The van der Waals surface area contributed by atoms with Gasteiger partial charge >= 0.3 is 0 Å². The molecule has 1 aromatic carbocycles. The molecule has 1 fully saturated rings. The van der Waals surface area contributed by atoms with Crippen LogP contribution in [0.4, 0.5) is 0 Å². The minimum Gasteiger partial charge on any atom is -0.394 e. The normalized spacial score (nSPS) is 16.6. The minimum absolute atomic E-state index is 0.0571. The fraction of sp³-hybridized carbons (Fsp3) is 0.500. The number of ether oxygens (including phenoxy) is 1. The Morgan fingerprint density at radius 3 is 2.79 bits per heavy atom. The van der Waals surface area contributed by atoms with E-state index in [9.17, 15) is 4.79 Å². The van der Waals surface area contributed by atoms with Crippen LogP contribution >= 0.6 is 22.6 Å². The summed E-state index contributed by atoms with van der Waals surface area (Å²) in [5.41, 5.74) is 0.752. The molecule has 0 saturated carbocycles. The minimum atomic E-state index is 0.0571. The second kappa shape index (κ2) is 7.21. The molecule has 0 aliphatic carbocycles. The first-order chi connectivity index (χ1) is 9.20. The first kappa shape index (κ1) is 14.7. The third-order valence-electron chi connectivity index (χ3n) is 3.25. The molecule has 1 amide bonds. The molecule has 19 heavy (non-hydrogen) atoms. The highest BCUT2D eigenvalue weighted by Gasteiger charge is 2.23. The number of benzene rings is 1. The van der Waals surface area contributed by atoms with Gasteiger partial charge in [-0.05, 0) is 53.6 Å². The van der Waals surface area contributed by atoms with E-state index < -0.39 is 0 Å². The summed E-state index contributed by atoms with van der Waals surface area (Å²) in [7, 11) is 0. The van der Waals surface area contributed by atoms with Crippen molar-refractivity contribution in [3.8, 4) is 0 Å². The molecule has 0 radical (unpaired) electrons. The van der Waals surface area contributed by atoms with Crippen LogP contribution in [0.2, 0.25) is 0 Å². The lowest BCUT2D eigenvalue weighted by atomic mass is 10.1. The lowest BCUT2D eigenvalue weighted by molar-refractivity contribution is -0.00554. The fourth-order valence-corrected chi connectivity index (χ4v) is 2.79. The molecule has 2 rings (SSSR count). The van der Waals surface area contributed by atoms with E-state index in [1.165, 1.54) is 0 Å². The van der Waals surface area contributed by atoms with Gasteiger partial charge in [0, 0.05) is 22.2 Å². The number of carbonyl (C=O) groups excluding carboxylic acids is 1. The van der Waals surface area contributed by atoms with Crippen LogP contribution in [0.25, 0.3) is 0 Å². The van der Waals surface area contributed by atoms with Crippen molar-refractivity contribution in [3.05, 3.63) is 33.4 Å². The molecule has 0 unspecified atom stereocenters. The Kier molecular flexibility index (Phi) is 5.59. The number of likely N-dealkylation sites (tertiary alicyclic amines) is 1. The topological polar surface area (TPSA) is 49.8 Å². The number of piperidine rings is 1. The van der Waals surface area contributed by atoms with E-state index in [0.29, 0.717) is 6.61 Å². The monoisotopic (exact) mass is 375 g/mol. The summed E-state index contributed by atoms with van der Waals surface area (Å²) in [4.78, 5) is 14.2. The number of amides is 1. The zero-order valence-corrected chi connectivity index (χ0v) is 12.9. The Labute approximate surface area is 126 Å². The van der Waals surface area contributed by atoms with Crippen LogP contribution in [0.1, 0.15) is 23.2 Å². The zero-order chi connectivity index (χ0) is 13.7. The lowest BCUT2D eigenvalue weighted by Crippen LogP contribution is -2.41. The average molecular weight is 375 g/mol. The molecule has 1 aliphatic rings. The SMILES string of the molecule is O=C(c1cccc(I)c1)N1CCC(OCCO)CC1. The van der Waals surface area contributed by atoms with Gasteiger partial charge in [-0.1, -0.05) is 6.07 Å². The van der Waals surface area contributed by atoms with Crippen LogP contribution in [-0.2, 0) is 4.74 Å². The number of carbonyl (C=O) groups is 1. The highest BCUT2D eigenvalue weighted by Crippen LogP contribution is 2.17. The van der Waals surface area contributed by atoms with Crippen molar-refractivity contribution in [2.75, 3.05) is 26.3 Å². The van der Waals surface area contributed by atoms with Crippen molar-refractivity contribution < 1.29 is 14.6 Å². The van der Waals surface area contributed by atoms with Gasteiger partial charge < -0.3 is 14.7 Å². The molecule has 104 valence electrons. The largest absolute Gasteiger partial charge is 0.394 e. The van der Waals surface area contributed by atoms with Gasteiger partial charge in [-0.2, -0.15) is 0 Å². The molecule has 1 saturated heterocycles. The average Bonchev–Trinajstić information content (AvgIpc) is 2.45. The van der Waals surface area contributed by atoms with E-state index in [4.69, 9.17) is 9.84 Å². The smallest absolute Gasteiger partial charge is 0.253 e. The van der Waals surface area contributed by atoms with E-state index in [0.717, 1.165) is 35.1 Å². The summed E-state index contributed by atoms with van der Waals surface area (Å²) in [5, 5.41) is 8.72. The third-order valence-corrected chi connectivity index (χ3v) is 3.92. The van der Waals surface area contributed by atoms with E-state index in [2.05, 4.69) is 22.6 Å². The number of aliphatic hydroxyl groups excluding tert-OH is 1. The van der Waals surface area contributed by atoms with Crippen molar-refractivity contribution in [1.29, 1.82) is 0 Å². The quantitative estimate of drug-likeness (QED) is 0.819. The number of hydrogen-bond acceptors (Lipinski definition) is 3. The molecule has 4 nitrogen and oxygen atoms in total. The summed E-state index contributed by atoms with van der Waals surface area (Å²) >= 11 is 2.21. The summed E-state index contributed by atoms with van der Waals surface area (Å²) in [5.74, 6) is 0.0964. The van der Waals surface area contributed by atoms with Crippen molar-refractivity contribution in [2.24, 2.45) is 0 Å². The van der Waals surface area contributed by atoms with Crippen molar-refractivity contribution in [3.63, 3.8) is 0 Å². The van der Waals surface area contributed by atoms with E-state index in [1.54, 1.807) is 0 Å². The molecule has 1 aliphatic heterocycles. The molecular formula is C14H18INO3. The highest BCUT2D eigenvalue weighted by molar-refractivity contribution is 14.1. The highest BCUT2D eigenvalue weighted by atomic mass is 127. The maximum absolute atomic E-state index is 12.3. The van der Waals surface area contributed by atoms with Gasteiger partial charge in [0.2, 0.25) is 0 Å². The van der Waals surface area contributed by atoms with Gasteiger partial charge in [-0.3, -0.25) is 4.79 Å². The molecule has 1 heterocycles. The lowest BCUT2D eigenvalue weighted by Gasteiger charge is -2.32. The van der Waals surface area contributed by atoms with E-state index in [1.807, 2.05) is 29.2 Å². The Morgan fingerprint density at radius 1 is 1.42 bits per heavy atom. The maximum Gasteiger partial charge on any atom is 0.253 e. The predicted octanol–water partition coefficient (Wildman–Crippen LogP) is 1.90. The second-order valence-corrected chi connectivity index (χ2v) is 5.84. The van der Waals surface area contributed by atoms with Gasteiger partial charge in [-0.25, -0.2) is 0 Å². The van der Waals surface area contributed by atoms with Gasteiger partial charge in [-0.15, -0.1) is 0 Å². The van der Waals surface area contributed by atoms with Crippen molar-refractivity contribution >= 4 is 28.5 Å². The third kappa shape index (κ3) is 4.15. The van der Waals surface area contributed by atoms with E-state index in [-0.39, 0.29) is 18.6 Å².